The Morgan fingerprint density at radius 2 is 2.17 bits per heavy atom. The summed E-state index contributed by atoms with van der Waals surface area (Å²) in [6.45, 7) is 0.0259. The van der Waals surface area contributed by atoms with Crippen LogP contribution in [0.2, 0.25) is 5.02 Å². The van der Waals surface area contributed by atoms with Gasteiger partial charge in [-0.1, -0.05) is 11.6 Å². The summed E-state index contributed by atoms with van der Waals surface area (Å²) in [5.74, 6) is -0.950. The highest BCUT2D eigenvalue weighted by Crippen LogP contribution is 2.34. The molecule has 3 rings (SSSR count). The third kappa shape index (κ3) is 4.37. The van der Waals surface area contributed by atoms with E-state index < -0.39 is 29.1 Å². The molecule has 2 fully saturated rings. The van der Waals surface area contributed by atoms with Crippen molar-refractivity contribution in [2.45, 2.75) is 17.6 Å². The Morgan fingerprint density at radius 3 is 2.79 bits per heavy atom. The maximum Gasteiger partial charge on any atom is 0.417 e. The predicted octanol–water partition coefficient (Wildman–Crippen LogP) is 1.45. The SMILES string of the molecule is COC(=O)[C@@H]1SC[C@H]2C(=O)N(CCNc3ncc(C(F)(F)F)cc3Cl)CC(=O)N21. The molecule has 2 saturated heterocycles. The first-order chi connectivity index (χ1) is 13.6. The molecule has 1 N–H and O–H groups in total. The largest absolute Gasteiger partial charge is 0.467 e. The minimum absolute atomic E-state index is 0.0410. The molecule has 2 atom stereocenters. The molecule has 13 heteroatoms. The summed E-state index contributed by atoms with van der Waals surface area (Å²) in [4.78, 5) is 43.1. The summed E-state index contributed by atoms with van der Waals surface area (Å²) in [6, 6.07) is 0.00526. The van der Waals surface area contributed by atoms with Gasteiger partial charge < -0.3 is 19.9 Å². The highest BCUT2D eigenvalue weighted by Gasteiger charge is 2.50. The average molecular weight is 453 g/mol. The van der Waals surface area contributed by atoms with Gasteiger partial charge in [0.15, 0.2) is 5.37 Å². The van der Waals surface area contributed by atoms with E-state index in [0.29, 0.717) is 6.20 Å². The van der Waals surface area contributed by atoms with Crippen LogP contribution < -0.4 is 5.32 Å². The van der Waals surface area contributed by atoms with Crippen molar-refractivity contribution in [1.82, 2.24) is 14.8 Å². The number of rotatable bonds is 5. The Bertz CT molecular complexity index is 841. The van der Waals surface area contributed by atoms with Crippen molar-refractivity contribution in [2.24, 2.45) is 0 Å². The number of pyridine rings is 1. The van der Waals surface area contributed by atoms with Crippen LogP contribution in [-0.2, 0) is 25.3 Å². The van der Waals surface area contributed by atoms with E-state index in [1.807, 2.05) is 0 Å². The lowest BCUT2D eigenvalue weighted by atomic mass is 10.1. The molecule has 0 radical (unpaired) electrons. The number of carbonyl (C=O) groups excluding carboxylic acids is 3. The van der Waals surface area contributed by atoms with Crippen LogP contribution in [0.4, 0.5) is 19.0 Å². The molecule has 2 aliphatic heterocycles. The molecule has 2 aliphatic rings. The van der Waals surface area contributed by atoms with Crippen LogP contribution in [0, 0.1) is 0 Å². The molecule has 0 aromatic carbocycles. The lowest BCUT2D eigenvalue weighted by Crippen LogP contribution is -2.61. The molecule has 29 heavy (non-hydrogen) atoms. The van der Waals surface area contributed by atoms with Crippen molar-refractivity contribution < 1.29 is 32.3 Å². The number of piperazine rings is 1. The third-order valence-electron chi connectivity index (χ3n) is 4.46. The van der Waals surface area contributed by atoms with Crippen LogP contribution in [0.5, 0.6) is 0 Å². The van der Waals surface area contributed by atoms with Gasteiger partial charge >= 0.3 is 12.1 Å². The van der Waals surface area contributed by atoms with Gasteiger partial charge in [-0.25, -0.2) is 9.78 Å². The monoisotopic (exact) mass is 452 g/mol. The van der Waals surface area contributed by atoms with Gasteiger partial charge in [-0.15, -0.1) is 11.8 Å². The number of methoxy groups -OCH3 is 1. The zero-order valence-electron chi connectivity index (χ0n) is 15.0. The van der Waals surface area contributed by atoms with E-state index in [1.165, 1.54) is 16.9 Å². The molecule has 3 heterocycles. The Morgan fingerprint density at radius 1 is 1.45 bits per heavy atom. The fourth-order valence-electron chi connectivity index (χ4n) is 3.04. The summed E-state index contributed by atoms with van der Waals surface area (Å²) >= 11 is 6.99. The Hall–Kier alpha value is -2.21. The van der Waals surface area contributed by atoms with Crippen molar-refractivity contribution in [3.05, 3.63) is 22.8 Å². The van der Waals surface area contributed by atoms with Crippen LogP contribution in [0.1, 0.15) is 5.56 Å². The molecule has 8 nitrogen and oxygen atoms in total. The van der Waals surface area contributed by atoms with E-state index in [4.69, 9.17) is 11.6 Å². The van der Waals surface area contributed by atoms with Gasteiger partial charge in [0.2, 0.25) is 11.8 Å². The molecule has 1 aromatic rings. The summed E-state index contributed by atoms with van der Waals surface area (Å²) in [5.41, 5.74) is -0.969. The summed E-state index contributed by atoms with van der Waals surface area (Å²) in [7, 11) is 1.21. The molecule has 0 aliphatic carbocycles. The molecule has 0 bridgehead atoms. The number of thioether (sulfide) groups is 1. The lowest BCUT2D eigenvalue weighted by molar-refractivity contribution is -0.159. The second-order valence-corrected chi connectivity index (χ2v) is 7.78. The van der Waals surface area contributed by atoms with Gasteiger partial charge in [0, 0.05) is 25.0 Å². The summed E-state index contributed by atoms with van der Waals surface area (Å²) in [6.07, 6.45) is -3.90. The number of ether oxygens (including phenoxy) is 1. The number of nitrogens with one attached hydrogen (secondary N) is 1. The van der Waals surface area contributed by atoms with Gasteiger partial charge in [-0.05, 0) is 6.07 Å². The average Bonchev–Trinajstić information content (AvgIpc) is 3.11. The van der Waals surface area contributed by atoms with Crippen LogP contribution >= 0.6 is 23.4 Å². The summed E-state index contributed by atoms with van der Waals surface area (Å²) in [5, 5.41) is 1.72. The first kappa shape index (κ1) is 21.5. The minimum Gasteiger partial charge on any atom is -0.467 e. The normalized spacial score (nSPS) is 22.0. The van der Waals surface area contributed by atoms with Crippen molar-refractivity contribution in [2.75, 3.05) is 37.8 Å². The number of halogens is 4. The summed E-state index contributed by atoms with van der Waals surface area (Å²) < 4.78 is 42.6. The van der Waals surface area contributed by atoms with Crippen molar-refractivity contribution >= 4 is 47.0 Å². The number of esters is 1. The van der Waals surface area contributed by atoms with Gasteiger partial charge in [-0.2, -0.15) is 13.2 Å². The number of aromatic nitrogens is 1. The van der Waals surface area contributed by atoms with Gasteiger partial charge in [0.05, 0.1) is 24.2 Å². The fraction of sp³-hybridized carbons (Fsp3) is 0.500. The molecule has 0 unspecified atom stereocenters. The van der Waals surface area contributed by atoms with E-state index in [1.54, 1.807) is 0 Å². The number of nitrogens with zero attached hydrogens (tertiary/aromatic N) is 3. The highest BCUT2D eigenvalue weighted by atomic mass is 35.5. The molecule has 0 saturated carbocycles. The minimum atomic E-state index is -4.55. The molecular weight excluding hydrogens is 437 g/mol. The molecule has 0 spiro atoms. The predicted molar refractivity (Wildman–Crippen MR) is 98.2 cm³/mol. The van der Waals surface area contributed by atoms with E-state index in [0.717, 1.165) is 17.8 Å². The standard InChI is InChI=1S/C16H16ClF3N4O4S/c1-28-15(27)14-24-10(7-29-14)13(26)23(6-11(24)25)3-2-21-12-9(17)4-8(5-22-12)16(18,19)20/h4-5,10,14H,2-3,6-7H2,1H3,(H,21,22)/t10-,14-/m0/s1. The van der Waals surface area contributed by atoms with Crippen molar-refractivity contribution in [1.29, 1.82) is 0 Å². The molecule has 1 aromatic heterocycles. The van der Waals surface area contributed by atoms with Gasteiger partial charge in [0.1, 0.15) is 11.9 Å². The van der Waals surface area contributed by atoms with Crippen LogP contribution in [0.3, 0.4) is 0 Å². The van der Waals surface area contributed by atoms with E-state index in [2.05, 4.69) is 15.0 Å². The van der Waals surface area contributed by atoms with E-state index >= 15 is 0 Å². The maximum absolute atomic E-state index is 12.7. The first-order valence-corrected chi connectivity index (χ1v) is 9.82. The van der Waals surface area contributed by atoms with Crippen molar-refractivity contribution in [3.8, 4) is 0 Å². The van der Waals surface area contributed by atoms with Crippen molar-refractivity contribution in [3.63, 3.8) is 0 Å². The zero-order valence-corrected chi connectivity index (χ0v) is 16.6. The smallest absolute Gasteiger partial charge is 0.417 e. The molecule has 2 amide bonds. The Labute approximate surface area is 172 Å². The third-order valence-corrected chi connectivity index (χ3v) is 5.99. The van der Waals surface area contributed by atoms with E-state index in [-0.39, 0.29) is 48.0 Å². The number of hydrogen-bond donors (Lipinski definition) is 1. The number of amides is 2. The fourth-order valence-corrected chi connectivity index (χ4v) is 4.60. The Balaban J connectivity index is 1.59. The second-order valence-electron chi connectivity index (χ2n) is 6.26. The van der Waals surface area contributed by atoms with Crippen LogP contribution in [0.25, 0.3) is 0 Å². The number of carbonyl (C=O) groups is 3. The van der Waals surface area contributed by atoms with E-state index in [9.17, 15) is 27.6 Å². The number of alkyl halides is 3. The number of hydrogen-bond acceptors (Lipinski definition) is 7. The van der Waals surface area contributed by atoms with Gasteiger partial charge in [-0.3, -0.25) is 9.59 Å². The number of fused-ring (bicyclic) bond motifs is 1. The highest BCUT2D eigenvalue weighted by molar-refractivity contribution is 8.00. The zero-order chi connectivity index (χ0) is 21.3. The van der Waals surface area contributed by atoms with Gasteiger partial charge in [0.25, 0.3) is 0 Å². The quantitative estimate of drug-likeness (QED) is 0.676. The van der Waals surface area contributed by atoms with Crippen LogP contribution in [-0.4, -0.2) is 76.5 Å². The first-order valence-electron chi connectivity index (χ1n) is 8.39. The Kier molecular flexibility index (Phi) is 6.13. The second kappa shape index (κ2) is 8.27. The topological polar surface area (TPSA) is 91.8 Å². The molecular formula is C16H16ClF3N4O4S. The molecule has 158 valence electrons. The van der Waals surface area contributed by atoms with Crippen LogP contribution in [0.15, 0.2) is 12.3 Å². The lowest BCUT2D eigenvalue weighted by Gasteiger charge is -2.37. The number of anilines is 1. The maximum atomic E-state index is 12.7.